The molecule has 86 valence electrons. The number of Topliss-reactive ketones (excluding diaryl/α,β-unsaturated/α-hetero) is 1. The Labute approximate surface area is 98.2 Å². The molecular formula is C11H13NO3S. The number of hydrogen-bond acceptors (Lipinski definition) is 4. The van der Waals surface area contributed by atoms with E-state index in [0.29, 0.717) is 11.3 Å². The van der Waals surface area contributed by atoms with Crippen LogP contribution in [0.4, 0.5) is 5.69 Å². The highest BCUT2D eigenvalue weighted by Crippen LogP contribution is 2.14. The fourth-order valence-corrected chi connectivity index (χ4v) is 1.95. The average molecular weight is 239 g/mol. The molecule has 0 aromatic heterocycles. The predicted molar refractivity (Wildman–Crippen MR) is 65.0 cm³/mol. The molecule has 0 atom stereocenters. The van der Waals surface area contributed by atoms with Crippen molar-refractivity contribution in [3.63, 3.8) is 0 Å². The van der Waals surface area contributed by atoms with Crippen LogP contribution < -0.4 is 0 Å². The molecule has 0 spiro atoms. The van der Waals surface area contributed by atoms with Gasteiger partial charge in [0.05, 0.1) is 10.7 Å². The molecule has 0 amide bonds. The van der Waals surface area contributed by atoms with E-state index in [1.165, 1.54) is 24.3 Å². The molecule has 16 heavy (non-hydrogen) atoms. The van der Waals surface area contributed by atoms with Crippen molar-refractivity contribution >= 4 is 23.2 Å². The number of nitrogens with zero attached hydrogens (tertiary/aromatic N) is 1. The molecule has 0 aliphatic heterocycles. The number of carbonyl (C=O) groups excluding carboxylic acids is 1. The SMILES string of the molecule is CCCSCC(=O)c1ccc([N+](=O)[O-])cc1. The Bertz CT molecular complexity index is 375. The van der Waals surface area contributed by atoms with Crippen LogP contribution in [-0.2, 0) is 0 Å². The van der Waals surface area contributed by atoms with Crippen LogP contribution >= 0.6 is 11.8 Å². The zero-order chi connectivity index (χ0) is 12.0. The van der Waals surface area contributed by atoms with E-state index in [1.54, 1.807) is 11.8 Å². The molecule has 0 fully saturated rings. The van der Waals surface area contributed by atoms with Gasteiger partial charge in [0, 0.05) is 17.7 Å². The molecule has 0 saturated carbocycles. The quantitative estimate of drug-likeness (QED) is 0.331. The summed E-state index contributed by atoms with van der Waals surface area (Å²) >= 11 is 1.58. The Kier molecular flexibility index (Phi) is 4.98. The molecule has 0 heterocycles. The van der Waals surface area contributed by atoms with Gasteiger partial charge < -0.3 is 0 Å². The van der Waals surface area contributed by atoms with Crippen LogP contribution in [0.15, 0.2) is 24.3 Å². The highest BCUT2D eigenvalue weighted by molar-refractivity contribution is 7.99. The van der Waals surface area contributed by atoms with Crippen molar-refractivity contribution in [3.8, 4) is 0 Å². The summed E-state index contributed by atoms with van der Waals surface area (Å²) < 4.78 is 0. The Morgan fingerprint density at radius 2 is 2.00 bits per heavy atom. The lowest BCUT2D eigenvalue weighted by Crippen LogP contribution is -2.02. The summed E-state index contributed by atoms with van der Waals surface area (Å²) in [6.45, 7) is 2.06. The maximum Gasteiger partial charge on any atom is 0.269 e. The van der Waals surface area contributed by atoms with Crippen molar-refractivity contribution in [1.82, 2.24) is 0 Å². The fraction of sp³-hybridized carbons (Fsp3) is 0.364. The first-order chi connectivity index (χ1) is 7.65. The number of nitro groups is 1. The monoisotopic (exact) mass is 239 g/mol. The number of rotatable bonds is 6. The molecule has 0 bridgehead atoms. The molecule has 5 heteroatoms. The molecule has 4 nitrogen and oxygen atoms in total. The average Bonchev–Trinajstić information content (AvgIpc) is 2.29. The van der Waals surface area contributed by atoms with E-state index >= 15 is 0 Å². The molecule has 0 saturated heterocycles. The maximum absolute atomic E-state index is 11.6. The van der Waals surface area contributed by atoms with Gasteiger partial charge >= 0.3 is 0 Å². The molecular weight excluding hydrogens is 226 g/mol. The number of carbonyl (C=O) groups is 1. The van der Waals surface area contributed by atoms with Crippen LogP contribution in [0.2, 0.25) is 0 Å². The first-order valence-electron chi connectivity index (χ1n) is 5.00. The van der Waals surface area contributed by atoms with Gasteiger partial charge in [0.15, 0.2) is 5.78 Å². The third kappa shape index (κ3) is 3.66. The lowest BCUT2D eigenvalue weighted by Gasteiger charge is -2.00. The van der Waals surface area contributed by atoms with Crippen molar-refractivity contribution < 1.29 is 9.72 Å². The molecule has 1 rings (SSSR count). The second kappa shape index (κ2) is 6.27. The van der Waals surface area contributed by atoms with Gasteiger partial charge in [-0.15, -0.1) is 0 Å². The van der Waals surface area contributed by atoms with Crippen molar-refractivity contribution in [1.29, 1.82) is 0 Å². The summed E-state index contributed by atoms with van der Waals surface area (Å²) in [5.41, 5.74) is 0.548. The lowest BCUT2D eigenvalue weighted by atomic mass is 10.1. The van der Waals surface area contributed by atoms with Crippen LogP contribution in [0.3, 0.4) is 0 Å². The minimum Gasteiger partial charge on any atom is -0.293 e. The van der Waals surface area contributed by atoms with Gasteiger partial charge in [-0.1, -0.05) is 6.92 Å². The number of ketones is 1. The smallest absolute Gasteiger partial charge is 0.269 e. The van der Waals surface area contributed by atoms with E-state index in [-0.39, 0.29) is 11.5 Å². The number of thioether (sulfide) groups is 1. The Balaban J connectivity index is 2.59. The third-order valence-corrected chi connectivity index (χ3v) is 3.14. The molecule has 0 unspecified atom stereocenters. The molecule has 0 aliphatic carbocycles. The van der Waals surface area contributed by atoms with Crippen molar-refractivity contribution in [2.24, 2.45) is 0 Å². The highest BCUT2D eigenvalue weighted by atomic mass is 32.2. The van der Waals surface area contributed by atoms with Crippen LogP contribution in [0.5, 0.6) is 0 Å². The topological polar surface area (TPSA) is 60.2 Å². The summed E-state index contributed by atoms with van der Waals surface area (Å²) in [5, 5.41) is 10.4. The van der Waals surface area contributed by atoms with Gasteiger partial charge in [-0.05, 0) is 24.3 Å². The molecule has 1 aromatic carbocycles. The van der Waals surface area contributed by atoms with Crippen LogP contribution in [0.25, 0.3) is 0 Å². The van der Waals surface area contributed by atoms with Gasteiger partial charge in [0.25, 0.3) is 5.69 Å². The summed E-state index contributed by atoms with van der Waals surface area (Å²) in [7, 11) is 0. The highest BCUT2D eigenvalue weighted by Gasteiger charge is 2.08. The van der Waals surface area contributed by atoms with Gasteiger partial charge in [0.2, 0.25) is 0 Å². The molecule has 0 aliphatic rings. The minimum absolute atomic E-state index is 0.0118. The number of nitro benzene ring substituents is 1. The minimum atomic E-state index is -0.472. The number of non-ortho nitro benzene ring substituents is 1. The Morgan fingerprint density at radius 1 is 1.38 bits per heavy atom. The summed E-state index contributed by atoms with van der Waals surface area (Å²) in [5.74, 6) is 1.41. The van der Waals surface area contributed by atoms with Crippen LogP contribution in [0, 0.1) is 10.1 Å². The Morgan fingerprint density at radius 3 is 2.50 bits per heavy atom. The van der Waals surface area contributed by atoms with Gasteiger partial charge in [-0.3, -0.25) is 14.9 Å². The lowest BCUT2D eigenvalue weighted by molar-refractivity contribution is -0.384. The molecule has 1 aromatic rings. The summed E-state index contributed by atoms with van der Waals surface area (Å²) in [6, 6.07) is 5.73. The van der Waals surface area contributed by atoms with Gasteiger partial charge in [-0.2, -0.15) is 11.8 Å². The zero-order valence-electron chi connectivity index (χ0n) is 9.01. The van der Waals surface area contributed by atoms with E-state index in [2.05, 4.69) is 6.92 Å². The van der Waals surface area contributed by atoms with Crippen molar-refractivity contribution in [3.05, 3.63) is 39.9 Å². The predicted octanol–water partition coefficient (Wildman–Crippen LogP) is 2.92. The van der Waals surface area contributed by atoms with Crippen molar-refractivity contribution in [2.75, 3.05) is 11.5 Å². The van der Waals surface area contributed by atoms with Crippen LogP contribution in [0.1, 0.15) is 23.7 Å². The first-order valence-corrected chi connectivity index (χ1v) is 6.16. The maximum atomic E-state index is 11.6. The molecule has 0 radical (unpaired) electrons. The number of benzene rings is 1. The third-order valence-electron chi connectivity index (χ3n) is 1.98. The summed E-state index contributed by atoms with van der Waals surface area (Å²) in [6.07, 6.45) is 1.04. The fourth-order valence-electron chi connectivity index (χ4n) is 1.16. The zero-order valence-corrected chi connectivity index (χ0v) is 9.83. The van der Waals surface area contributed by atoms with Crippen molar-refractivity contribution in [2.45, 2.75) is 13.3 Å². The Hall–Kier alpha value is -1.36. The van der Waals surface area contributed by atoms with E-state index in [1.807, 2.05) is 0 Å². The number of hydrogen-bond donors (Lipinski definition) is 0. The van der Waals surface area contributed by atoms with E-state index in [4.69, 9.17) is 0 Å². The summed E-state index contributed by atoms with van der Waals surface area (Å²) in [4.78, 5) is 21.5. The van der Waals surface area contributed by atoms with E-state index in [9.17, 15) is 14.9 Å². The standard InChI is InChI=1S/C11H13NO3S/c1-2-7-16-8-11(13)9-3-5-10(6-4-9)12(14)15/h3-6H,2,7-8H2,1H3. The molecule has 0 N–H and O–H groups in total. The second-order valence-corrected chi connectivity index (χ2v) is 4.38. The van der Waals surface area contributed by atoms with E-state index < -0.39 is 4.92 Å². The van der Waals surface area contributed by atoms with Crippen LogP contribution in [-0.4, -0.2) is 22.2 Å². The second-order valence-electron chi connectivity index (χ2n) is 3.28. The normalized spacial score (nSPS) is 10.1. The largest absolute Gasteiger partial charge is 0.293 e. The van der Waals surface area contributed by atoms with Gasteiger partial charge in [0.1, 0.15) is 0 Å². The van der Waals surface area contributed by atoms with Gasteiger partial charge in [-0.25, -0.2) is 0 Å². The van der Waals surface area contributed by atoms with E-state index in [0.717, 1.165) is 12.2 Å². The first kappa shape index (κ1) is 12.7.